The van der Waals surface area contributed by atoms with Crippen LogP contribution in [-0.2, 0) is 9.59 Å². The highest BCUT2D eigenvalue weighted by Gasteiger charge is 2.28. The predicted octanol–water partition coefficient (Wildman–Crippen LogP) is 5.07. The second-order valence-electron chi connectivity index (χ2n) is 7.99. The molecular formula is C24H27N3O2S2. The summed E-state index contributed by atoms with van der Waals surface area (Å²) < 4.78 is 1.23. The molecule has 1 N–H and O–H groups in total. The van der Waals surface area contributed by atoms with Crippen LogP contribution in [0, 0.1) is 6.92 Å². The number of nitrogens with one attached hydrogen (secondary N) is 1. The number of thiazole rings is 1. The van der Waals surface area contributed by atoms with Crippen molar-refractivity contribution >= 4 is 50.8 Å². The summed E-state index contributed by atoms with van der Waals surface area (Å²) in [5.41, 5.74) is 3.00. The van der Waals surface area contributed by atoms with E-state index < -0.39 is 0 Å². The van der Waals surface area contributed by atoms with E-state index in [-0.39, 0.29) is 22.8 Å². The number of amides is 2. The van der Waals surface area contributed by atoms with Crippen LogP contribution in [0.2, 0.25) is 0 Å². The lowest BCUT2D eigenvalue weighted by Crippen LogP contribution is -2.42. The molecule has 3 aromatic rings. The van der Waals surface area contributed by atoms with Crippen LogP contribution < -0.4 is 5.32 Å². The van der Waals surface area contributed by atoms with E-state index in [9.17, 15) is 9.59 Å². The van der Waals surface area contributed by atoms with E-state index in [0.29, 0.717) is 5.92 Å². The summed E-state index contributed by atoms with van der Waals surface area (Å²) in [7, 11) is 0. The van der Waals surface area contributed by atoms with Crippen molar-refractivity contribution in [2.75, 3.05) is 24.2 Å². The molecule has 1 fully saturated rings. The van der Waals surface area contributed by atoms with Crippen molar-refractivity contribution in [3.63, 3.8) is 0 Å². The average Bonchev–Trinajstić information content (AvgIpc) is 3.23. The summed E-state index contributed by atoms with van der Waals surface area (Å²) in [6.07, 6.45) is 1.88. The first-order valence-corrected chi connectivity index (χ1v) is 12.5. The van der Waals surface area contributed by atoms with Crippen LogP contribution in [0.1, 0.15) is 36.3 Å². The van der Waals surface area contributed by atoms with E-state index in [2.05, 4.69) is 17.4 Å². The molecular weight excluding hydrogens is 426 g/mol. The fourth-order valence-corrected chi connectivity index (χ4v) is 5.68. The average molecular weight is 454 g/mol. The maximum absolute atomic E-state index is 12.9. The molecule has 2 aromatic carbocycles. The van der Waals surface area contributed by atoms with Gasteiger partial charge in [-0.1, -0.05) is 29.8 Å². The molecule has 0 saturated carbocycles. The lowest BCUT2D eigenvalue weighted by Gasteiger charge is -2.32. The Bertz CT molecular complexity index is 1020. The minimum absolute atomic E-state index is 0.0805. The molecule has 1 aromatic heterocycles. The number of hydrogen-bond acceptors (Lipinski definition) is 5. The van der Waals surface area contributed by atoms with Gasteiger partial charge in [0.1, 0.15) is 0 Å². The van der Waals surface area contributed by atoms with Gasteiger partial charge >= 0.3 is 0 Å². The molecule has 162 valence electrons. The molecule has 0 spiro atoms. The Morgan fingerprint density at radius 2 is 1.87 bits per heavy atom. The van der Waals surface area contributed by atoms with Gasteiger partial charge < -0.3 is 10.2 Å². The molecule has 2 amide bonds. The zero-order valence-corrected chi connectivity index (χ0v) is 19.5. The Labute approximate surface area is 191 Å². The van der Waals surface area contributed by atoms with Crippen molar-refractivity contribution in [3.05, 3.63) is 59.1 Å². The van der Waals surface area contributed by atoms with Crippen molar-refractivity contribution < 1.29 is 9.59 Å². The Balaban J connectivity index is 1.24. The highest BCUT2D eigenvalue weighted by molar-refractivity contribution is 8.01. The van der Waals surface area contributed by atoms with Gasteiger partial charge in [-0.3, -0.25) is 9.59 Å². The van der Waals surface area contributed by atoms with Crippen molar-refractivity contribution in [2.45, 2.75) is 37.9 Å². The lowest BCUT2D eigenvalue weighted by molar-refractivity contribution is -0.131. The zero-order chi connectivity index (χ0) is 21.8. The van der Waals surface area contributed by atoms with Gasteiger partial charge in [0.25, 0.3) is 0 Å². The number of aromatic nitrogens is 1. The number of carbonyl (C=O) groups is 2. The predicted molar refractivity (Wildman–Crippen MR) is 130 cm³/mol. The fraction of sp³-hybridized carbons (Fsp3) is 0.375. The number of likely N-dealkylation sites (tertiary alicyclic amines) is 1. The number of thioether (sulfide) groups is 1. The molecule has 5 nitrogen and oxygen atoms in total. The SMILES string of the molecule is Cc1ccc(NC(=O)CSC(C)C(=O)N2CCC(c3nc4ccccc4s3)CC2)cc1. The highest BCUT2D eigenvalue weighted by Crippen LogP contribution is 2.34. The second-order valence-corrected chi connectivity index (χ2v) is 10.4. The lowest BCUT2D eigenvalue weighted by atomic mass is 9.97. The number of aryl methyl sites for hydroxylation is 1. The van der Waals surface area contributed by atoms with Gasteiger partial charge in [-0.25, -0.2) is 4.98 Å². The molecule has 1 saturated heterocycles. The van der Waals surface area contributed by atoms with E-state index >= 15 is 0 Å². The normalized spacial score (nSPS) is 15.7. The van der Waals surface area contributed by atoms with E-state index in [0.717, 1.165) is 42.7 Å². The van der Waals surface area contributed by atoms with E-state index in [4.69, 9.17) is 4.98 Å². The number of hydrogen-bond donors (Lipinski definition) is 1. The van der Waals surface area contributed by atoms with Gasteiger partial charge in [-0.15, -0.1) is 23.1 Å². The number of fused-ring (bicyclic) bond motifs is 1. The topological polar surface area (TPSA) is 62.3 Å². The van der Waals surface area contributed by atoms with Crippen LogP contribution in [0.3, 0.4) is 0 Å². The Kier molecular flexibility index (Phi) is 6.92. The zero-order valence-electron chi connectivity index (χ0n) is 17.8. The largest absolute Gasteiger partial charge is 0.342 e. The van der Waals surface area contributed by atoms with Crippen molar-refractivity contribution in [1.82, 2.24) is 9.88 Å². The first-order chi connectivity index (χ1) is 15.0. The van der Waals surface area contributed by atoms with Crippen LogP contribution in [0.4, 0.5) is 5.69 Å². The number of carbonyl (C=O) groups excluding carboxylic acids is 2. The van der Waals surface area contributed by atoms with E-state index in [1.165, 1.54) is 21.5 Å². The number of nitrogens with zero attached hydrogens (tertiary/aromatic N) is 2. The van der Waals surface area contributed by atoms with Gasteiger partial charge in [0, 0.05) is 24.7 Å². The molecule has 0 aliphatic carbocycles. The van der Waals surface area contributed by atoms with Gasteiger partial charge in [-0.05, 0) is 51.0 Å². The first kappa shape index (κ1) is 21.8. The molecule has 2 heterocycles. The summed E-state index contributed by atoms with van der Waals surface area (Å²) in [5, 5.41) is 3.84. The van der Waals surface area contributed by atoms with Crippen LogP contribution in [0.15, 0.2) is 48.5 Å². The van der Waals surface area contributed by atoms with Gasteiger partial charge in [0.05, 0.1) is 26.2 Å². The van der Waals surface area contributed by atoms with E-state index in [1.54, 1.807) is 11.3 Å². The molecule has 0 bridgehead atoms. The van der Waals surface area contributed by atoms with Crippen LogP contribution in [0.5, 0.6) is 0 Å². The molecule has 1 aliphatic rings. The van der Waals surface area contributed by atoms with Crippen molar-refractivity contribution in [2.24, 2.45) is 0 Å². The van der Waals surface area contributed by atoms with Crippen molar-refractivity contribution in [1.29, 1.82) is 0 Å². The molecule has 7 heteroatoms. The summed E-state index contributed by atoms with van der Waals surface area (Å²) in [4.78, 5) is 31.8. The summed E-state index contributed by atoms with van der Waals surface area (Å²) in [5.74, 6) is 0.729. The summed E-state index contributed by atoms with van der Waals surface area (Å²) >= 11 is 3.16. The summed E-state index contributed by atoms with van der Waals surface area (Å²) in [6, 6.07) is 16.0. The maximum Gasteiger partial charge on any atom is 0.235 e. The van der Waals surface area contributed by atoms with Crippen LogP contribution in [0.25, 0.3) is 10.2 Å². The second kappa shape index (κ2) is 9.83. The molecule has 1 aliphatic heterocycles. The third-order valence-corrected chi connectivity index (χ3v) is 7.94. The standard InChI is InChI=1S/C24H27N3O2S2/c1-16-7-9-19(10-8-16)25-22(28)15-30-17(2)24(29)27-13-11-18(12-14-27)23-26-20-5-3-4-6-21(20)31-23/h3-10,17-18H,11-15H2,1-2H3,(H,25,28). The first-order valence-electron chi connectivity index (χ1n) is 10.6. The number of anilines is 1. The monoisotopic (exact) mass is 453 g/mol. The third kappa shape index (κ3) is 5.46. The molecule has 4 rings (SSSR count). The number of benzene rings is 2. The Morgan fingerprint density at radius 1 is 1.16 bits per heavy atom. The molecule has 1 unspecified atom stereocenters. The van der Waals surface area contributed by atoms with E-state index in [1.807, 2.05) is 55.1 Å². The summed E-state index contributed by atoms with van der Waals surface area (Å²) in [6.45, 7) is 5.40. The number of rotatable bonds is 6. The molecule has 0 radical (unpaired) electrons. The highest BCUT2D eigenvalue weighted by atomic mass is 32.2. The Morgan fingerprint density at radius 3 is 2.58 bits per heavy atom. The fourth-order valence-electron chi connectivity index (χ4n) is 3.77. The van der Waals surface area contributed by atoms with Crippen LogP contribution in [-0.4, -0.2) is 45.8 Å². The molecule has 31 heavy (non-hydrogen) atoms. The number of para-hydroxylation sites is 1. The van der Waals surface area contributed by atoms with Gasteiger partial charge in [0.2, 0.25) is 11.8 Å². The quantitative estimate of drug-likeness (QED) is 0.566. The number of piperidine rings is 1. The smallest absolute Gasteiger partial charge is 0.235 e. The Hall–Kier alpha value is -2.38. The third-order valence-electron chi connectivity index (χ3n) is 5.61. The minimum atomic E-state index is -0.234. The minimum Gasteiger partial charge on any atom is -0.342 e. The van der Waals surface area contributed by atoms with Crippen LogP contribution >= 0.6 is 23.1 Å². The molecule has 1 atom stereocenters. The van der Waals surface area contributed by atoms with Crippen molar-refractivity contribution in [3.8, 4) is 0 Å². The maximum atomic E-state index is 12.9. The van der Waals surface area contributed by atoms with Gasteiger partial charge in [-0.2, -0.15) is 0 Å². The van der Waals surface area contributed by atoms with Gasteiger partial charge in [0.15, 0.2) is 0 Å².